The average molecular weight is 408 g/mol. The zero-order valence-electron chi connectivity index (χ0n) is 12.0. The van der Waals surface area contributed by atoms with Gasteiger partial charge >= 0.3 is 0 Å². The molecular formula is C16H13IN2O3. The van der Waals surface area contributed by atoms with E-state index in [2.05, 4.69) is 10.2 Å². The highest BCUT2D eigenvalue weighted by Crippen LogP contribution is 2.23. The third-order valence-electron chi connectivity index (χ3n) is 2.95. The van der Waals surface area contributed by atoms with Gasteiger partial charge in [0.15, 0.2) is 11.5 Å². The zero-order valence-corrected chi connectivity index (χ0v) is 14.2. The number of carbonyl (C=O) groups excluding carboxylic acids is 1. The van der Waals surface area contributed by atoms with Crippen LogP contribution in [-0.4, -0.2) is 10.9 Å². The topological polar surface area (TPSA) is 79.1 Å². The fourth-order valence-corrected chi connectivity index (χ4v) is 2.32. The Morgan fingerprint density at radius 1 is 1.09 bits per heavy atom. The van der Waals surface area contributed by atoms with Crippen molar-refractivity contribution in [3.8, 4) is 5.75 Å². The molecule has 0 bridgehead atoms. The van der Waals surface area contributed by atoms with E-state index < -0.39 is 17.0 Å². The van der Waals surface area contributed by atoms with Crippen molar-refractivity contribution >= 4 is 39.7 Å². The van der Waals surface area contributed by atoms with E-state index in [-0.39, 0.29) is 9.13 Å². The Labute approximate surface area is 140 Å². The molecule has 0 unspecified atom stereocenters. The molecule has 0 radical (unpaired) electrons. The van der Waals surface area contributed by atoms with Gasteiger partial charge in [-0.25, -0.2) is 0 Å². The average Bonchev–Trinajstić information content (AvgIpc) is 2.59. The van der Waals surface area contributed by atoms with Gasteiger partial charge in [-0.05, 0) is 60.7 Å². The van der Waals surface area contributed by atoms with E-state index >= 15 is 0 Å². The summed E-state index contributed by atoms with van der Waals surface area (Å²) in [7, 11) is 0. The number of azo groups is 1. The van der Waals surface area contributed by atoms with Crippen LogP contribution in [0.25, 0.3) is 0 Å². The minimum absolute atomic E-state index is 0.0641. The minimum atomic E-state index is -0.595. The highest BCUT2D eigenvalue weighted by atomic mass is 127. The Morgan fingerprint density at radius 3 is 2.27 bits per heavy atom. The molecule has 22 heavy (non-hydrogen) atoms. The van der Waals surface area contributed by atoms with Gasteiger partial charge < -0.3 is 5.11 Å². The largest absolute Gasteiger partial charge is 0.504 e. The van der Waals surface area contributed by atoms with Crippen molar-refractivity contribution in [2.45, 2.75) is 13.8 Å². The molecule has 112 valence electrons. The van der Waals surface area contributed by atoms with Gasteiger partial charge in [-0.2, -0.15) is 10.2 Å². The second kappa shape index (κ2) is 6.78. The van der Waals surface area contributed by atoms with Gasteiger partial charge in [-0.15, -0.1) is 0 Å². The predicted octanol–water partition coefficient (Wildman–Crippen LogP) is 4.28. The highest BCUT2D eigenvalue weighted by molar-refractivity contribution is 14.1. The fourth-order valence-electron chi connectivity index (χ4n) is 1.74. The monoisotopic (exact) mass is 408 g/mol. The molecule has 5 nitrogen and oxygen atoms in total. The van der Waals surface area contributed by atoms with Crippen LogP contribution in [0.15, 0.2) is 51.4 Å². The third kappa shape index (κ3) is 3.76. The molecule has 0 heterocycles. The number of Topliss-reactive ketones (excluding diaryl/α,β-unsaturated/α-hetero) is 1. The maximum Gasteiger partial charge on any atom is 0.234 e. The zero-order chi connectivity index (χ0) is 16.3. The maximum atomic E-state index is 11.9. The number of aromatic hydroxyl groups is 1. The summed E-state index contributed by atoms with van der Waals surface area (Å²) in [5, 5.41) is 18.0. The first-order valence-electron chi connectivity index (χ1n) is 6.44. The van der Waals surface area contributed by atoms with Gasteiger partial charge in [0.1, 0.15) is 0 Å². The molecule has 1 N–H and O–H groups in total. The number of benzene rings is 1. The standard InChI is InChI=1S/C16H13IN2O3/c1-9-3-5-11(6-4-9)18-19-12-7-13(10(2)20)15(21)16(22)14(17)8-12/h3-8H,1-2H3,(H,21,22). The van der Waals surface area contributed by atoms with Crippen molar-refractivity contribution in [3.05, 3.63) is 61.3 Å². The van der Waals surface area contributed by atoms with Crippen LogP contribution >= 0.6 is 22.6 Å². The van der Waals surface area contributed by atoms with E-state index in [1.54, 1.807) is 22.6 Å². The van der Waals surface area contributed by atoms with E-state index in [0.29, 0.717) is 11.4 Å². The number of halogens is 1. The molecule has 0 aliphatic carbocycles. The summed E-state index contributed by atoms with van der Waals surface area (Å²) in [6.07, 6.45) is 0. The van der Waals surface area contributed by atoms with Crippen LogP contribution < -0.4 is 5.43 Å². The number of rotatable bonds is 3. The number of hydrogen-bond donors (Lipinski definition) is 1. The van der Waals surface area contributed by atoms with Crippen molar-refractivity contribution < 1.29 is 9.90 Å². The lowest BCUT2D eigenvalue weighted by Gasteiger charge is -1.95. The normalized spacial score (nSPS) is 10.9. The predicted molar refractivity (Wildman–Crippen MR) is 92.5 cm³/mol. The molecule has 0 aromatic heterocycles. The SMILES string of the molecule is CC(=O)c1cc(N=Nc2ccc(C)cc2)cc(I)c(=O)c1O. The molecule has 0 saturated carbocycles. The van der Waals surface area contributed by atoms with Crippen molar-refractivity contribution in [3.63, 3.8) is 0 Å². The fraction of sp³-hybridized carbons (Fsp3) is 0.125. The van der Waals surface area contributed by atoms with E-state index in [1.165, 1.54) is 19.1 Å². The molecule has 2 aromatic carbocycles. The number of hydrogen-bond acceptors (Lipinski definition) is 5. The van der Waals surface area contributed by atoms with Crippen LogP contribution in [0.2, 0.25) is 0 Å². The van der Waals surface area contributed by atoms with Gasteiger partial charge in [0, 0.05) is 0 Å². The molecule has 0 saturated heterocycles. The summed E-state index contributed by atoms with van der Waals surface area (Å²) >= 11 is 1.79. The van der Waals surface area contributed by atoms with E-state index in [1.807, 2.05) is 31.2 Å². The summed E-state index contributed by atoms with van der Waals surface area (Å²) in [4.78, 5) is 23.4. The van der Waals surface area contributed by atoms with Crippen molar-refractivity contribution in [1.82, 2.24) is 0 Å². The molecule has 2 aromatic rings. The molecular weight excluding hydrogens is 395 g/mol. The lowest BCUT2D eigenvalue weighted by Crippen LogP contribution is -2.04. The summed E-state index contributed by atoms with van der Waals surface area (Å²) in [6, 6.07) is 10.3. The number of nitrogens with zero attached hydrogens (tertiary/aromatic N) is 2. The minimum Gasteiger partial charge on any atom is -0.504 e. The molecule has 0 aliphatic heterocycles. The quantitative estimate of drug-likeness (QED) is 0.468. The first-order chi connectivity index (χ1) is 10.4. The molecule has 6 heteroatoms. The van der Waals surface area contributed by atoms with Gasteiger partial charge in [-0.1, -0.05) is 17.7 Å². The summed E-state index contributed by atoms with van der Waals surface area (Å²) < 4.78 is 0.264. The van der Waals surface area contributed by atoms with Crippen LogP contribution in [0.5, 0.6) is 5.75 Å². The Balaban J connectivity index is 2.52. The number of carbonyl (C=O) groups is 1. The number of ketones is 1. The van der Waals surface area contributed by atoms with E-state index in [0.717, 1.165) is 5.56 Å². The summed E-state index contributed by atoms with van der Waals surface area (Å²) in [5.74, 6) is -0.970. The van der Waals surface area contributed by atoms with Gasteiger partial charge in [0.2, 0.25) is 5.43 Å². The molecule has 0 amide bonds. The smallest absolute Gasteiger partial charge is 0.234 e. The van der Waals surface area contributed by atoms with Crippen LogP contribution in [0.4, 0.5) is 11.4 Å². The van der Waals surface area contributed by atoms with Crippen LogP contribution in [0, 0.1) is 10.5 Å². The lowest BCUT2D eigenvalue weighted by atomic mass is 10.2. The van der Waals surface area contributed by atoms with E-state index in [9.17, 15) is 14.7 Å². The van der Waals surface area contributed by atoms with Gasteiger partial charge in [0.25, 0.3) is 0 Å². The summed E-state index contributed by atoms with van der Waals surface area (Å²) in [5.41, 5.74) is 1.43. The number of aryl methyl sites for hydroxylation is 1. The second-order valence-corrected chi connectivity index (χ2v) is 5.91. The van der Waals surface area contributed by atoms with Crippen LogP contribution in [0.1, 0.15) is 22.8 Å². The van der Waals surface area contributed by atoms with Gasteiger partial charge in [-0.3, -0.25) is 9.59 Å². The van der Waals surface area contributed by atoms with Crippen molar-refractivity contribution in [2.24, 2.45) is 10.2 Å². The lowest BCUT2D eigenvalue weighted by molar-refractivity contribution is 0.101. The highest BCUT2D eigenvalue weighted by Gasteiger charge is 2.12. The molecule has 0 fully saturated rings. The molecule has 2 rings (SSSR count). The Morgan fingerprint density at radius 2 is 1.68 bits per heavy atom. The maximum absolute atomic E-state index is 11.9. The second-order valence-electron chi connectivity index (χ2n) is 4.74. The van der Waals surface area contributed by atoms with E-state index in [4.69, 9.17) is 0 Å². The van der Waals surface area contributed by atoms with Crippen LogP contribution in [-0.2, 0) is 0 Å². The Kier molecular flexibility index (Phi) is 5.02. The third-order valence-corrected chi connectivity index (χ3v) is 3.75. The molecule has 0 spiro atoms. The summed E-state index contributed by atoms with van der Waals surface area (Å²) in [6.45, 7) is 3.25. The van der Waals surface area contributed by atoms with Crippen molar-refractivity contribution in [1.29, 1.82) is 0 Å². The first-order valence-corrected chi connectivity index (χ1v) is 7.52. The molecule has 0 atom stereocenters. The molecule has 0 aliphatic rings. The van der Waals surface area contributed by atoms with Crippen LogP contribution in [0.3, 0.4) is 0 Å². The first kappa shape index (κ1) is 16.3. The Hall–Kier alpha value is -2.09. The van der Waals surface area contributed by atoms with Gasteiger partial charge in [0.05, 0.1) is 20.5 Å². The van der Waals surface area contributed by atoms with Crippen molar-refractivity contribution in [2.75, 3.05) is 0 Å². The Bertz CT molecular complexity index is 815.